The van der Waals surface area contributed by atoms with Crippen LogP contribution in [0.3, 0.4) is 0 Å². The smallest absolute Gasteiger partial charge is 0.247 e. The summed E-state index contributed by atoms with van der Waals surface area (Å²) in [4.78, 5) is 17.4. The van der Waals surface area contributed by atoms with Crippen molar-refractivity contribution in [1.29, 1.82) is 0 Å². The first-order valence-electron chi connectivity index (χ1n) is 7.03. The van der Waals surface area contributed by atoms with Gasteiger partial charge in [-0.1, -0.05) is 30.3 Å². The highest BCUT2D eigenvalue weighted by atomic mass is 35.5. The monoisotopic (exact) mass is 376 g/mol. The molecule has 1 aromatic carbocycles. The number of sulfone groups is 1. The number of aliphatic imine (C=N–C) groups is 1. The molecule has 0 saturated carbocycles. The molecule has 2 atom stereocenters. The van der Waals surface area contributed by atoms with Gasteiger partial charge in [-0.05, 0) is 18.2 Å². The second-order valence-electron chi connectivity index (χ2n) is 5.41. The number of carbonyl (C=O) groups excluding carboxylic acids is 1. The summed E-state index contributed by atoms with van der Waals surface area (Å²) in [5.74, 6) is -0.892. The van der Waals surface area contributed by atoms with Crippen molar-refractivity contribution in [3.63, 3.8) is 0 Å². The molecule has 0 spiro atoms. The molecule has 124 valence electrons. The van der Waals surface area contributed by atoms with Gasteiger partial charge in [0, 0.05) is 17.4 Å². The number of anilines is 1. The Labute approximate surface area is 142 Å². The summed E-state index contributed by atoms with van der Waals surface area (Å²) >= 11 is 6.97. The lowest BCUT2D eigenvalue weighted by Gasteiger charge is -2.24. The van der Waals surface area contributed by atoms with Gasteiger partial charge in [0.15, 0.2) is 15.0 Å². The van der Waals surface area contributed by atoms with E-state index in [-0.39, 0.29) is 40.1 Å². The minimum absolute atomic E-state index is 0.0145. The Balaban J connectivity index is 2.04. The molecule has 2 fully saturated rings. The Hall–Kier alpha value is -1.12. The highest BCUT2D eigenvalue weighted by molar-refractivity contribution is 8.16. The highest BCUT2D eigenvalue weighted by Crippen LogP contribution is 2.41. The van der Waals surface area contributed by atoms with E-state index in [1.165, 1.54) is 23.9 Å². The zero-order chi connectivity index (χ0) is 16.8. The number of halogens is 2. The summed E-state index contributed by atoms with van der Waals surface area (Å²) in [7, 11) is -3.14. The molecule has 3 rings (SSSR count). The minimum atomic E-state index is -3.14. The van der Waals surface area contributed by atoms with Crippen LogP contribution in [-0.4, -0.2) is 42.3 Å². The van der Waals surface area contributed by atoms with Crippen LogP contribution < -0.4 is 4.90 Å². The van der Waals surface area contributed by atoms with E-state index in [9.17, 15) is 17.6 Å². The molecule has 0 unspecified atom stereocenters. The molecule has 9 heteroatoms. The molecule has 2 saturated heterocycles. The molecule has 1 amide bonds. The van der Waals surface area contributed by atoms with Crippen LogP contribution in [0.5, 0.6) is 0 Å². The fourth-order valence-electron chi connectivity index (χ4n) is 2.69. The Morgan fingerprint density at radius 1 is 1.48 bits per heavy atom. The van der Waals surface area contributed by atoms with Gasteiger partial charge >= 0.3 is 0 Å². The second kappa shape index (κ2) is 6.07. The molecule has 0 bridgehead atoms. The first-order chi connectivity index (χ1) is 10.8. The number of carbonyl (C=O) groups is 1. The number of fused-ring (bicyclic) bond motifs is 1. The first-order valence-corrected chi connectivity index (χ1v) is 10.1. The van der Waals surface area contributed by atoms with E-state index in [1.807, 2.05) is 0 Å². The van der Waals surface area contributed by atoms with Crippen LogP contribution >= 0.6 is 23.4 Å². The topological polar surface area (TPSA) is 66.8 Å². The number of benzene rings is 1. The number of hydrogen-bond donors (Lipinski definition) is 0. The predicted octanol–water partition coefficient (Wildman–Crippen LogP) is 2.49. The zero-order valence-corrected chi connectivity index (χ0v) is 14.6. The van der Waals surface area contributed by atoms with E-state index in [0.717, 1.165) is 0 Å². The van der Waals surface area contributed by atoms with E-state index in [1.54, 1.807) is 17.9 Å². The van der Waals surface area contributed by atoms with E-state index in [2.05, 4.69) is 4.99 Å². The van der Waals surface area contributed by atoms with Gasteiger partial charge in [0.05, 0.1) is 22.6 Å². The van der Waals surface area contributed by atoms with E-state index in [4.69, 9.17) is 11.6 Å². The van der Waals surface area contributed by atoms with Gasteiger partial charge in [-0.3, -0.25) is 4.79 Å². The maximum absolute atomic E-state index is 13.8. The van der Waals surface area contributed by atoms with Crippen molar-refractivity contribution in [3.8, 4) is 0 Å². The third kappa shape index (κ3) is 3.25. The maximum Gasteiger partial charge on any atom is 0.247 e. The molecular formula is C14H14ClFN2O3S2. The quantitative estimate of drug-likeness (QED) is 0.793. The average molecular weight is 377 g/mol. The molecule has 2 aliphatic heterocycles. The second-order valence-corrected chi connectivity index (χ2v) is 9.18. The molecule has 1 aromatic rings. The van der Waals surface area contributed by atoms with Crippen LogP contribution in [0.1, 0.15) is 13.3 Å². The van der Waals surface area contributed by atoms with Gasteiger partial charge in [0.2, 0.25) is 5.91 Å². The van der Waals surface area contributed by atoms with Gasteiger partial charge in [-0.2, -0.15) is 4.99 Å². The third-order valence-electron chi connectivity index (χ3n) is 3.77. The van der Waals surface area contributed by atoms with E-state index < -0.39 is 15.7 Å². The van der Waals surface area contributed by atoms with E-state index in [0.29, 0.717) is 10.9 Å². The lowest BCUT2D eigenvalue weighted by Crippen LogP contribution is -2.37. The van der Waals surface area contributed by atoms with Crippen LogP contribution in [0.25, 0.3) is 0 Å². The van der Waals surface area contributed by atoms with Crippen molar-refractivity contribution in [1.82, 2.24) is 0 Å². The lowest BCUT2D eigenvalue weighted by molar-refractivity contribution is -0.117. The fraction of sp³-hybridized carbons (Fsp3) is 0.429. The molecule has 0 aromatic heterocycles. The maximum atomic E-state index is 13.8. The van der Waals surface area contributed by atoms with Crippen LogP contribution in [0.15, 0.2) is 23.2 Å². The fourth-order valence-corrected chi connectivity index (χ4v) is 6.74. The van der Waals surface area contributed by atoms with Crippen LogP contribution in [0.4, 0.5) is 10.1 Å². The number of thioether (sulfide) groups is 1. The number of nitrogens with zero attached hydrogens (tertiary/aromatic N) is 2. The lowest BCUT2D eigenvalue weighted by atomic mass is 10.2. The average Bonchev–Trinajstić information content (AvgIpc) is 2.93. The molecule has 2 heterocycles. The van der Waals surface area contributed by atoms with Crippen LogP contribution in [-0.2, 0) is 14.6 Å². The summed E-state index contributed by atoms with van der Waals surface area (Å²) in [5, 5.41) is 0.199. The van der Waals surface area contributed by atoms with Gasteiger partial charge in [0.1, 0.15) is 5.82 Å². The summed E-state index contributed by atoms with van der Waals surface area (Å²) in [6, 6.07) is 3.90. The number of rotatable bonds is 2. The summed E-state index contributed by atoms with van der Waals surface area (Å²) in [6.45, 7) is 1.70. The molecule has 5 nitrogen and oxygen atoms in total. The minimum Gasteiger partial charge on any atom is -0.315 e. The number of amidine groups is 1. The van der Waals surface area contributed by atoms with Crippen molar-refractivity contribution in [3.05, 3.63) is 29.0 Å². The standard InChI is InChI=1S/C14H14ClFN2O3S2/c1-2-13(19)17-14-18(8-3-4-9(15)10(16)5-8)11-6-23(20,21)7-12(11)22-14/h3-5,11-12H,2,6-7H2,1H3/t11-,12-/m0/s1. The Bertz CT molecular complexity index is 797. The largest absolute Gasteiger partial charge is 0.315 e. The predicted molar refractivity (Wildman–Crippen MR) is 90.4 cm³/mol. The Morgan fingerprint density at radius 3 is 2.87 bits per heavy atom. The van der Waals surface area contributed by atoms with Gasteiger partial charge in [-0.25, -0.2) is 12.8 Å². The molecule has 0 N–H and O–H groups in total. The molecule has 0 aliphatic carbocycles. The van der Waals surface area contributed by atoms with Gasteiger partial charge in [-0.15, -0.1) is 0 Å². The Kier molecular flexibility index (Phi) is 4.41. The van der Waals surface area contributed by atoms with Crippen molar-refractivity contribution in [2.24, 2.45) is 4.99 Å². The summed E-state index contributed by atoms with van der Waals surface area (Å²) in [6.07, 6.45) is 0.251. The number of hydrogen-bond acceptors (Lipinski definition) is 4. The number of amides is 1. The zero-order valence-electron chi connectivity index (χ0n) is 12.2. The summed E-state index contributed by atoms with van der Waals surface area (Å²) < 4.78 is 37.6. The van der Waals surface area contributed by atoms with Crippen molar-refractivity contribution in [2.45, 2.75) is 24.6 Å². The first kappa shape index (κ1) is 16.7. The van der Waals surface area contributed by atoms with Crippen LogP contribution in [0, 0.1) is 5.82 Å². The molecule has 2 aliphatic rings. The molecular weight excluding hydrogens is 363 g/mol. The molecule has 0 radical (unpaired) electrons. The van der Waals surface area contributed by atoms with E-state index >= 15 is 0 Å². The summed E-state index contributed by atoms with van der Waals surface area (Å²) in [5.41, 5.74) is 0.451. The van der Waals surface area contributed by atoms with Crippen molar-refractivity contribution < 1.29 is 17.6 Å². The van der Waals surface area contributed by atoms with Gasteiger partial charge in [0.25, 0.3) is 0 Å². The van der Waals surface area contributed by atoms with Crippen molar-refractivity contribution in [2.75, 3.05) is 16.4 Å². The normalized spacial score (nSPS) is 27.4. The SMILES string of the molecule is CCC(=O)N=C1S[C@H]2CS(=O)(=O)C[C@@H]2N1c1ccc(Cl)c(F)c1. The van der Waals surface area contributed by atoms with Gasteiger partial charge < -0.3 is 4.90 Å². The third-order valence-corrected chi connectivity index (χ3v) is 7.29. The van der Waals surface area contributed by atoms with Crippen molar-refractivity contribution >= 4 is 50.0 Å². The highest BCUT2D eigenvalue weighted by Gasteiger charge is 2.49. The van der Waals surface area contributed by atoms with Crippen LogP contribution in [0.2, 0.25) is 5.02 Å². The molecule has 23 heavy (non-hydrogen) atoms. The Morgan fingerprint density at radius 2 is 2.22 bits per heavy atom.